The van der Waals surface area contributed by atoms with Gasteiger partial charge in [-0.2, -0.15) is 12.6 Å². The van der Waals surface area contributed by atoms with Crippen molar-refractivity contribution in [1.29, 1.82) is 0 Å². The smallest absolute Gasteiger partial charge is 0.337 e. The van der Waals surface area contributed by atoms with Crippen molar-refractivity contribution in [3.8, 4) is 0 Å². The number of rotatable bonds is 8. The minimum Gasteiger partial charge on any atom is -0.462 e. The highest BCUT2D eigenvalue weighted by atomic mass is 32.1. The topological polar surface area (TPSA) is 63.7 Å². The Hall–Kier alpha value is -1.41. The zero-order valence-electron chi connectivity index (χ0n) is 16.0. The molecular weight excluding hydrogens is 364 g/mol. The minimum atomic E-state index is -0.369. The standard InChI is InChI=1S/C20H28N2O4S/c1-20(2,22-8-11-24-12-9-22)18(16-5-3-15(14-27)4-6-16)21-7-10-25-19(23)17-13-26-17/h3-6,17,27H,7-14H2,1-2H3/b21-18-. The summed E-state index contributed by atoms with van der Waals surface area (Å²) in [5.74, 6) is 0.413. The first-order valence-corrected chi connectivity index (χ1v) is 10.0. The molecule has 1 atom stereocenters. The summed E-state index contributed by atoms with van der Waals surface area (Å²) in [5.41, 5.74) is 2.99. The number of carbonyl (C=O) groups is 1. The first-order chi connectivity index (χ1) is 13.0. The van der Waals surface area contributed by atoms with E-state index in [9.17, 15) is 4.79 Å². The van der Waals surface area contributed by atoms with Gasteiger partial charge in [0.05, 0.1) is 37.6 Å². The Balaban J connectivity index is 1.75. The van der Waals surface area contributed by atoms with Gasteiger partial charge in [0, 0.05) is 18.8 Å². The van der Waals surface area contributed by atoms with Crippen LogP contribution in [0, 0.1) is 0 Å². The second kappa shape index (κ2) is 9.19. The second-order valence-electron chi connectivity index (χ2n) is 7.23. The molecule has 2 aliphatic heterocycles. The fourth-order valence-electron chi connectivity index (χ4n) is 3.26. The molecule has 148 valence electrons. The van der Waals surface area contributed by atoms with Crippen molar-refractivity contribution in [3.63, 3.8) is 0 Å². The monoisotopic (exact) mass is 392 g/mol. The molecule has 7 heteroatoms. The lowest BCUT2D eigenvalue weighted by Gasteiger charge is -2.41. The van der Waals surface area contributed by atoms with Gasteiger partial charge in [0.25, 0.3) is 0 Å². The van der Waals surface area contributed by atoms with E-state index in [2.05, 4.69) is 55.6 Å². The summed E-state index contributed by atoms with van der Waals surface area (Å²) < 4.78 is 15.7. The highest BCUT2D eigenvalue weighted by Crippen LogP contribution is 2.23. The van der Waals surface area contributed by atoms with Crippen LogP contribution in [0.25, 0.3) is 0 Å². The quantitative estimate of drug-likeness (QED) is 0.241. The number of benzene rings is 1. The van der Waals surface area contributed by atoms with Crippen LogP contribution >= 0.6 is 12.6 Å². The van der Waals surface area contributed by atoms with E-state index in [1.165, 1.54) is 5.56 Å². The van der Waals surface area contributed by atoms with E-state index in [0.717, 1.165) is 37.6 Å². The Labute approximate surface area is 166 Å². The van der Waals surface area contributed by atoms with Crippen LogP contribution in [0.4, 0.5) is 0 Å². The lowest BCUT2D eigenvalue weighted by atomic mass is 9.89. The lowest BCUT2D eigenvalue weighted by Crippen LogP contribution is -2.54. The molecule has 0 bridgehead atoms. The first kappa shape index (κ1) is 20.3. The van der Waals surface area contributed by atoms with Crippen molar-refractivity contribution in [2.45, 2.75) is 31.2 Å². The number of ether oxygens (including phenoxy) is 3. The van der Waals surface area contributed by atoms with Gasteiger partial charge >= 0.3 is 5.97 Å². The normalized spacial score (nSPS) is 21.1. The second-order valence-corrected chi connectivity index (χ2v) is 7.55. The molecule has 0 N–H and O–H groups in total. The van der Waals surface area contributed by atoms with Crippen LogP contribution in [0.5, 0.6) is 0 Å². The van der Waals surface area contributed by atoms with Gasteiger partial charge in [0.2, 0.25) is 0 Å². The van der Waals surface area contributed by atoms with Crippen LogP contribution in [-0.4, -0.2) is 74.3 Å². The van der Waals surface area contributed by atoms with Gasteiger partial charge < -0.3 is 14.2 Å². The average Bonchev–Trinajstić information content (AvgIpc) is 3.54. The van der Waals surface area contributed by atoms with Gasteiger partial charge in [0.15, 0.2) is 6.10 Å². The molecule has 1 aromatic carbocycles. The van der Waals surface area contributed by atoms with Gasteiger partial charge in [-0.15, -0.1) is 0 Å². The molecular formula is C20H28N2O4S. The number of morpholine rings is 1. The predicted molar refractivity (Wildman–Crippen MR) is 108 cm³/mol. The molecule has 3 rings (SSSR count). The average molecular weight is 393 g/mol. The zero-order chi connectivity index (χ0) is 19.3. The molecule has 2 aliphatic rings. The Kier molecular flexibility index (Phi) is 6.92. The molecule has 2 fully saturated rings. The third kappa shape index (κ3) is 5.31. The van der Waals surface area contributed by atoms with Crippen molar-refractivity contribution in [2.24, 2.45) is 4.99 Å². The molecule has 2 heterocycles. The molecule has 0 amide bonds. The number of nitrogens with zero attached hydrogens (tertiary/aromatic N) is 2. The molecule has 1 aromatic rings. The Morgan fingerprint density at radius 1 is 1.30 bits per heavy atom. The van der Waals surface area contributed by atoms with Crippen molar-refractivity contribution in [2.75, 3.05) is 46.1 Å². The van der Waals surface area contributed by atoms with Crippen molar-refractivity contribution in [3.05, 3.63) is 35.4 Å². The van der Waals surface area contributed by atoms with Gasteiger partial charge in [-0.1, -0.05) is 24.3 Å². The van der Waals surface area contributed by atoms with Crippen LogP contribution in [0.1, 0.15) is 25.0 Å². The zero-order valence-corrected chi connectivity index (χ0v) is 16.9. The number of epoxide rings is 1. The highest BCUT2D eigenvalue weighted by Gasteiger charge is 2.35. The minimum absolute atomic E-state index is 0.254. The number of esters is 1. The van der Waals surface area contributed by atoms with Crippen LogP contribution in [-0.2, 0) is 24.8 Å². The maximum absolute atomic E-state index is 11.6. The van der Waals surface area contributed by atoms with Gasteiger partial charge in [-0.05, 0) is 25.0 Å². The number of carbonyl (C=O) groups excluding carboxylic acids is 1. The molecule has 6 nitrogen and oxygen atoms in total. The summed E-state index contributed by atoms with van der Waals surface area (Å²) >= 11 is 4.33. The third-order valence-electron chi connectivity index (χ3n) is 4.99. The van der Waals surface area contributed by atoms with Gasteiger partial charge in [-0.3, -0.25) is 9.89 Å². The molecule has 2 saturated heterocycles. The summed E-state index contributed by atoms with van der Waals surface area (Å²) in [6.45, 7) is 8.73. The van der Waals surface area contributed by atoms with E-state index in [1.807, 2.05) is 0 Å². The van der Waals surface area contributed by atoms with Gasteiger partial charge in [-0.25, -0.2) is 4.79 Å². The molecule has 27 heavy (non-hydrogen) atoms. The van der Waals surface area contributed by atoms with E-state index < -0.39 is 0 Å². The Bertz CT molecular complexity index is 665. The fourth-order valence-corrected chi connectivity index (χ4v) is 3.47. The molecule has 0 spiro atoms. The summed E-state index contributed by atoms with van der Waals surface area (Å²) in [6.07, 6.45) is -0.369. The SMILES string of the molecule is CC(C)(/C(=N\CCOC(=O)C1CO1)c1ccc(CS)cc1)N1CCOCC1. The Morgan fingerprint density at radius 3 is 2.56 bits per heavy atom. The summed E-state index contributed by atoms with van der Waals surface area (Å²) in [5, 5.41) is 0. The summed E-state index contributed by atoms with van der Waals surface area (Å²) in [7, 11) is 0. The maximum atomic E-state index is 11.6. The van der Waals surface area contributed by atoms with Crippen molar-refractivity contribution >= 4 is 24.3 Å². The number of thiol groups is 1. The van der Waals surface area contributed by atoms with Gasteiger partial charge in [0.1, 0.15) is 6.61 Å². The van der Waals surface area contributed by atoms with Crippen LogP contribution in [0.2, 0.25) is 0 Å². The first-order valence-electron chi connectivity index (χ1n) is 9.38. The lowest BCUT2D eigenvalue weighted by molar-refractivity contribution is -0.144. The van der Waals surface area contributed by atoms with Crippen molar-refractivity contribution in [1.82, 2.24) is 4.90 Å². The summed E-state index contributed by atoms with van der Waals surface area (Å²) in [6, 6.07) is 8.35. The third-order valence-corrected chi connectivity index (χ3v) is 5.36. The predicted octanol–water partition coefficient (Wildman–Crippen LogP) is 1.96. The van der Waals surface area contributed by atoms with E-state index in [4.69, 9.17) is 19.2 Å². The molecule has 0 radical (unpaired) electrons. The summed E-state index contributed by atoms with van der Waals surface area (Å²) in [4.78, 5) is 18.8. The fraction of sp³-hybridized carbons (Fsp3) is 0.600. The van der Waals surface area contributed by atoms with Crippen LogP contribution in [0.15, 0.2) is 29.3 Å². The molecule has 1 unspecified atom stereocenters. The van der Waals surface area contributed by atoms with Crippen molar-refractivity contribution < 1.29 is 19.0 Å². The molecule has 0 aromatic heterocycles. The number of aliphatic imine (C=N–C) groups is 1. The molecule has 0 aliphatic carbocycles. The maximum Gasteiger partial charge on any atom is 0.337 e. The Morgan fingerprint density at radius 2 is 1.96 bits per heavy atom. The highest BCUT2D eigenvalue weighted by molar-refractivity contribution is 7.79. The van der Waals surface area contributed by atoms with Crippen LogP contribution < -0.4 is 0 Å². The van der Waals surface area contributed by atoms with E-state index in [0.29, 0.717) is 18.9 Å². The largest absolute Gasteiger partial charge is 0.462 e. The molecule has 0 saturated carbocycles. The van der Waals surface area contributed by atoms with E-state index >= 15 is 0 Å². The van der Waals surface area contributed by atoms with E-state index in [1.54, 1.807) is 0 Å². The van der Waals surface area contributed by atoms with Crippen LogP contribution in [0.3, 0.4) is 0 Å². The number of hydrogen-bond donors (Lipinski definition) is 1. The number of hydrogen-bond acceptors (Lipinski definition) is 7. The van der Waals surface area contributed by atoms with E-state index in [-0.39, 0.29) is 24.2 Å².